The van der Waals surface area contributed by atoms with Gasteiger partial charge in [0.25, 0.3) is 10.0 Å². The van der Waals surface area contributed by atoms with E-state index in [-0.39, 0.29) is 10.6 Å². The van der Waals surface area contributed by atoms with Crippen LogP contribution in [-0.2, 0) is 10.0 Å². The molecule has 0 spiro atoms. The molecule has 3 N–H and O–H groups in total. The zero-order valence-electron chi connectivity index (χ0n) is 11.7. The van der Waals surface area contributed by atoms with Crippen molar-refractivity contribution >= 4 is 21.4 Å². The van der Waals surface area contributed by atoms with Gasteiger partial charge in [0, 0.05) is 17.4 Å². The van der Waals surface area contributed by atoms with E-state index in [2.05, 4.69) is 4.72 Å². The van der Waals surface area contributed by atoms with Crippen molar-refractivity contribution in [3.8, 4) is 11.5 Å². The quantitative estimate of drug-likeness (QED) is 0.825. The van der Waals surface area contributed by atoms with Crippen molar-refractivity contribution in [1.82, 2.24) is 0 Å². The van der Waals surface area contributed by atoms with E-state index in [1.165, 1.54) is 26.4 Å². The number of sulfonamides is 1. The summed E-state index contributed by atoms with van der Waals surface area (Å²) in [6.07, 6.45) is 0. The third-order valence-electron chi connectivity index (χ3n) is 2.82. The van der Waals surface area contributed by atoms with E-state index < -0.39 is 10.0 Å². The van der Waals surface area contributed by atoms with Crippen LogP contribution in [0.1, 0.15) is 0 Å². The fraction of sp³-hybridized carbons (Fsp3) is 0.143. The molecule has 0 aliphatic rings. The van der Waals surface area contributed by atoms with E-state index in [9.17, 15) is 8.42 Å². The van der Waals surface area contributed by atoms with Gasteiger partial charge >= 0.3 is 0 Å². The van der Waals surface area contributed by atoms with Gasteiger partial charge in [0.2, 0.25) is 0 Å². The predicted octanol–water partition coefficient (Wildman–Crippen LogP) is 2.09. The van der Waals surface area contributed by atoms with E-state index in [1.807, 2.05) is 0 Å². The Balaban J connectivity index is 2.41. The minimum absolute atomic E-state index is 0.00109. The molecule has 0 amide bonds. The lowest BCUT2D eigenvalue weighted by Crippen LogP contribution is -2.14. The number of benzene rings is 2. The second-order valence-corrected chi connectivity index (χ2v) is 5.90. The van der Waals surface area contributed by atoms with Crippen LogP contribution in [0.15, 0.2) is 47.4 Å². The highest BCUT2D eigenvalue weighted by Crippen LogP contribution is 2.29. The second kappa shape index (κ2) is 5.92. The van der Waals surface area contributed by atoms with Crippen LogP contribution < -0.4 is 19.9 Å². The molecule has 0 atom stereocenters. The highest BCUT2D eigenvalue weighted by molar-refractivity contribution is 7.92. The molecule has 6 nitrogen and oxygen atoms in total. The number of anilines is 2. The van der Waals surface area contributed by atoms with Crippen molar-refractivity contribution in [2.75, 3.05) is 24.7 Å². The normalized spacial score (nSPS) is 11.0. The van der Waals surface area contributed by atoms with Gasteiger partial charge in [-0.25, -0.2) is 8.42 Å². The summed E-state index contributed by atoms with van der Waals surface area (Å²) in [5.74, 6) is 0.659. The van der Waals surface area contributed by atoms with Crippen molar-refractivity contribution in [3.05, 3.63) is 42.5 Å². The molecule has 0 aromatic heterocycles. The predicted molar refractivity (Wildman–Crippen MR) is 81.2 cm³/mol. The van der Waals surface area contributed by atoms with Crippen LogP contribution in [0.2, 0.25) is 0 Å². The van der Waals surface area contributed by atoms with Gasteiger partial charge in [-0.1, -0.05) is 0 Å². The first-order valence-electron chi connectivity index (χ1n) is 6.06. The standard InChI is InChI=1S/C14H16N2O4S/c1-19-12-7-8-13(20-2)14(9-12)21(17,18)16-11-5-3-10(15)4-6-11/h3-9,16H,15H2,1-2H3. The van der Waals surface area contributed by atoms with E-state index in [0.717, 1.165) is 0 Å². The highest BCUT2D eigenvalue weighted by atomic mass is 32.2. The Labute approximate surface area is 123 Å². The minimum Gasteiger partial charge on any atom is -0.497 e. The average molecular weight is 308 g/mol. The Kier molecular flexibility index (Phi) is 4.23. The van der Waals surface area contributed by atoms with Gasteiger partial charge in [-0.2, -0.15) is 0 Å². The SMILES string of the molecule is COc1ccc(OC)c(S(=O)(=O)Nc2ccc(N)cc2)c1. The molecular formula is C14H16N2O4S. The maximum Gasteiger partial charge on any atom is 0.265 e. The molecule has 0 saturated carbocycles. The molecule has 0 radical (unpaired) electrons. The highest BCUT2D eigenvalue weighted by Gasteiger charge is 2.20. The second-order valence-electron chi connectivity index (χ2n) is 4.24. The Morgan fingerprint density at radius 2 is 1.67 bits per heavy atom. The van der Waals surface area contributed by atoms with Gasteiger partial charge in [-0.05, 0) is 36.4 Å². The zero-order valence-corrected chi connectivity index (χ0v) is 12.5. The lowest BCUT2D eigenvalue weighted by Gasteiger charge is -2.13. The Morgan fingerprint density at radius 1 is 1.00 bits per heavy atom. The van der Waals surface area contributed by atoms with Crippen molar-refractivity contribution in [1.29, 1.82) is 0 Å². The summed E-state index contributed by atoms with van der Waals surface area (Å²) in [7, 11) is -0.927. The van der Waals surface area contributed by atoms with Crippen LogP contribution in [0, 0.1) is 0 Å². The number of nitrogens with two attached hydrogens (primary N) is 1. The first-order chi connectivity index (χ1) is 9.96. The topological polar surface area (TPSA) is 90.6 Å². The first kappa shape index (κ1) is 15.0. The maximum absolute atomic E-state index is 12.5. The molecule has 0 aliphatic heterocycles. The molecule has 0 heterocycles. The number of hydrogen-bond donors (Lipinski definition) is 2. The summed E-state index contributed by atoms with van der Waals surface area (Å²) in [6, 6.07) is 11.0. The van der Waals surface area contributed by atoms with Crippen molar-refractivity contribution in [2.45, 2.75) is 4.90 Å². The Bertz CT molecular complexity index is 727. The number of hydrogen-bond acceptors (Lipinski definition) is 5. The molecule has 0 fully saturated rings. The molecule has 0 saturated heterocycles. The zero-order chi connectivity index (χ0) is 15.5. The Morgan fingerprint density at radius 3 is 2.24 bits per heavy atom. The van der Waals surface area contributed by atoms with Crippen LogP contribution in [0.4, 0.5) is 11.4 Å². The lowest BCUT2D eigenvalue weighted by atomic mass is 10.3. The first-order valence-corrected chi connectivity index (χ1v) is 7.55. The smallest absolute Gasteiger partial charge is 0.265 e. The molecule has 112 valence electrons. The monoisotopic (exact) mass is 308 g/mol. The molecule has 2 aromatic carbocycles. The molecule has 0 aliphatic carbocycles. The minimum atomic E-state index is -3.80. The molecule has 2 rings (SSSR count). The van der Waals surface area contributed by atoms with Gasteiger partial charge in [0.1, 0.15) is 16.4 Å². The number of nitrogen functional groups attached to an aromatic ring is 1. The molecule has 0 bridgehead atoms. The van der Waals surface area contributed by atoms with Crippen LogP contribution in [0.25, 0.3) is 0 Å². The summed E-state index contributed by atoms with van der Waals surface area (Å²) in [4.78, 5) is 0.00109. The van der Waals surface area contributed by atoms with Gasteiger partial charge in [-0.3, -0.25) is 4.72 Å². The van der Waals surface area contributed by atoms with Crippen molar-refractivity contribution in [3.63, 3.8) is 0 Å². The van der Waals surface area contributed by atoms with Crippen molar-refractivity contribution < 1.29 is 17.9 Å². The van der Waals surface area contributed by atoms with Gasteiger partial charge in [-0.15, -0.1) is 0 Å². The van der Waals surface area contributed by atoms with Crippen LogP contribution in [0.3, 0.4) is 0 Å². The molecular weight excluding hydrogens is 292 g/mol. The fourth-order valence-electron chi connectivity index (χ4n) is 1.76. The summed E-state index contributed by atoms with van der Waals surface area (Å²) < 4.78 is 37.5. The summed E-state index contributed by atoms with van der Waals surface area (Å²) in [5, 5.41) is 0. The molecule has 2 aromatic rings. The van der Waals surface area contributed by atoms with Crippen LogP contribution >= 0.6 is 0 Å². The van der Waals surface area contributed by atoms with Gasteiger partial charge in [0.05, 0.1) is 14.2 Å². The number of ether oxygens (including phenoxy) is 2. The van der Waals surface area contributed by atoms with E-state index in [0.29, 0.717) is 17.1 Å². The van der Waals surface area contributed by atoms with E-state index >= 15 is 0 Å². The lowest BCUT2D eigenvalue weighted by molar-refractivity contribution is 0.392. The number of methoxy groups -OCH3 is 2. The molecule has 7 heteroatoms. The van der Waals surface area contributed by atoms with Crippen LogP contribution in [0.5, 0.6) is 11.5 Å². The number of rotatable bonds is 5. The fourth-order valence-corrected chi connectivity index (χ4v) is 3.00. The summed E-state index contributed by atoms with van der Waals surface area (Å²) in [6.45, 7) is 0. The molecule has 21 heavy (non-hydrogen) atoms. The van der Waals surface area contributed by atoms with Gasteiger partial charge < -0.3 is 15.2 Å². The van der Waals surface area contributed by atoms with Gasteiger partial charge in [0.15, 0.2) is 0 Å². The van der Waals surface area contributed by atoms with E-state index in [1.54, 1.807) is 30.3 Å². The molecule has 0 unspecified atom stereocenters. The number of nitrogens with one attached hydrogen (secondary N) is 1. The average Bonchev–Trinajstić information content (AvgIpc) is 2.48. The largest absolute Gasteiger partial charge is 0.497 e. The van der Waals surface area contributed by atoms with E-state index in [4.69, 9.17) is 15.2 Å². The Hall–Kier alpha value is -2.41. The van der Waals surface area contributed by atoms with Crippen LogP contribution in [-0.4, -0.2) is 22.6 Å². The third-order valence-corrected chi connectivity index (χ3v) is 4.23. The summed E-state index contributed by atoms with van der Waals surface area (Å²) in [5.41, 5.74) is 6.54. The summed E-state index contributed by atoms with van der Waals surface area (Å²) >= 11 is 0. The maximum atomic E-state index is 12.5. The third kappa shape index (κ3) is 3.38. The van der Waals surface area contributed by atoms with Crippen molar-refractivity contribution in [2.24, 2.45) is 0 Å².